The number of anilines is 2. The smallest absolute Gasteiger partial charge is 0.138 e. The Kier molecular flexibility index (Phi) is 2.82. The Morgan fingerprint density at radius 3 is 3.10 bits per heavy atom. The first-order valence-electron chi connectivity index (χ1n) is 7.07. The third-order valence-electron chi connectivity index (χ3n) is 4.01. The van der Waals surface area contributed by atoms with E-state index in [9.17, 15) is 0 Å². The fourth-order valence-electron chi connectivity index (χ4n) is 3.04. The average molecular weight is 296 g/mol. The van der Waals surface area contributed by atoms with Crippen LogP contribution in [0.15, 0.2) is 30.6 Å². The molecule has 3 N–H and O–H groups in total. The quantitative estimate of drug-likeness (QED) is 0.708. The molecule has 0 amide bonds. The third-order valence-corrected chi connectivity index (χ3v) is 4.97. The standard InChI is InChI=1S/C16H16N4S/c1-9-6-13-15(18-8-19-16(13)21-9)20-14-5-2-10-7-11(17)3-4-12(10)14/h3-4,6-8,14H,2,5,17H2,1H3,(H,18,19,20). The molecule has 1 aliphatic carbocycles. The van der Waals surface area contributed by atoms with Gasteiger partial charge >= 0.3 is 0 Å². The van der Waals surface area contributed by atoms with E-state index >= 15 is 0 Å². The van der Waals surface area contributed by atoms with Crippen LogP contribution in [0.1, 0.15) is 28.5 Å². The van der Waals surface area contributed by atoms with Gasteiger partial charge in [-0.2, -0.15) is 0 Å². The molecule has 0 radical (unpaired) electrons. The number of aryl methyl sites for hydroxylation is 2. The fraction of sp³-hybridized carbons (Fsp3) is 0.250. The highest BCUT2D eigenvalue weighted by Crippen LogP contribution is 2.36. The van der Waals surface area contributed by atoms with Gasteiger partial charge in [-0.1, -0.05) is 6.07 Å². The van der Waals surface area contributed by atoms with Crippen molar-refractivity contribution in [3.63, 3.8) is 0 Å². The second-order valence-corrected chi connectivity index (χ2v) is 6.73. The summed E-state index contributed by atoms with van der Waals surface area (Å²) in [4.78, 5) is 11.1. The minimum absolute atomic E-state index is 0.305. The van der Waals surface area contributed by atoms with E-state index in [2.05, 4.69) is 40.4 Å². The fourth-order valence-corrected chi connectivity index (χ4v) is 3.89. The van der Waals surface area contributed by atoms with Gasteiger partial charge in [0.15, 0.2) is 0 Å². The zero-order chi connectivity index (χ0) is 14.4. The van der Waals surface area contributed by atoms with E-state index in [1.807, 2.05) is 6.07 Å². The van der Waals surface area contributed by atoms with Gasteiger partial charge in [0.1, 0.15) is 17.0 Å². The number of hydrogen-bond donors (Lipinski definition) is 2. The average Bonchev–Trinajstić information content (AvgIpc) is 3.02. The number of nitrogens with two attached hydrogens (primary N) is 1. The van der Waals surface area contributed by atoms with Crippen molar-refractivity contribution in [1.29, 1.82) is 0 Å². The number of nitrogens with one attached hydrogen (secondary N) is 1. The maximum Gasteiger partial charge on any atom is 0.138 e. The van der Waals surface area contributed by atoms with Gasteiger partial charge in [-0.3, -0.25) is 0 Å². The van der Waals surface area contributed by atoms with Crippen molar-refractivity contribution in [2.75, 3.05) is 11.1 Å². The zero-order valence-corrected chi connectivity index (χ0v) is 12.6. The molecule has 1 unspecified atom stereocenters. The molecule has 3 aromatic rings. The molecule has 0 bridgehead atoms. The lowest BCUT2D eigenvalue weighted by molar-refractivity contribution is 0.758. The molecule has 0 saturated heterocycles. The van der Waals surface area contributed by atoms with Crippen LogP contribution in [-0.2, 0) is 6.42 Å². The van der Waals surface area contributed by atoms with Crippen LogP contribution < -0.4 is 11.1 Å². The third kappa shape index (κ3) is 2.14. The van der Waals surface area contributed by atoms with Crippen molar-refractivity contribution in [3.05, 3.63) is 46.6 Å². The highest BCUT2D eigenvalue weighted by Gasteiger charge is 2.23. The van der Waals surface area contributed by atoms with E-state index in [1.54, 1.807) is 17.7 Å². The molecule has 1 aromatic carbocycles. The number of thiophene rings is 1. The number of hydrogen-bond acceptors (Lipinski definition) is 5. The Balaban J connectivity index is 1.71. The first kappa shape index (κ1) is 12.6. The van der Waals surface area contributed by atoms with Crippen LogP contribution >= 0.6 is 11.3 Å². The molecule has 0 fully saturated rings. The van der Waals surface area contributed by atoms with Gasteiger partial charge in [-0.05, 0) is 49.1 Å². The van der Waals surface area contributed by atoms with Gasteiger partial charge in [0.05, 0.1) is 11.4 Å². The SMILES string of the molecule is Cc1cc2c(NC3CCc4cc(N)ccc43)ncnc2s1. The Morgan fingerprint density at radius 2 is 2.19 bits per heavy atom. The van der Waals surface area contributed by atoms with Crippen LogP contribution in [0.5, 0.6) is 0 Å². The summed E-state index contributed by atoms with van der Waals surface area (Å²) in [5.74, 6) is 0.930. The molecule has 106 valence electrons. The number of benzene rings is 1. The summed E-state index contributed by atoms with van der Waals surface area (Å²) in [6.45, 7) is 2.10. The molecule has 0 aliphatic heterocycles. The maximum atomic E-state index is 5.87. The van der Waals surface area contributed by atoms with Gasteiger partial charge in [-0.25, -0.2) is 9.97 Å². The second kappa shape index (κ2) is 4.70. The molecule has 1 atom stereocenters. The van der Waals surface area contributed by atoms with Crippen molar-refractivity contribution in [1.82, 2.24) is 9.97 Å². The lowest BCUT2D eigenvalue weighted by Crippen LogP contribution is -2.08. The van der Waals surface area contributed by atoms with Crippen LogP contribution in [-0.4, -0.2) is 9.97 Å². The monoisotopic (exact) mass is 296 g/mol. The molecule has 5 heteroatoms. The first-order chi connectivity index (χ1) is 10.2. The van der Waals surface area contributed by atoms with Crippen LogP contribution in [0.25, 0.3) is 10.2 Å². The zero-order valence-electron chi connectivity index (χ0n) is 11.8. The minimum Gasteiger partial charge on any atom is -0.399 e. The van der Waals surface area contributed by atoms with Crippen LogP contribution in [0.4, 0.5) is 11.5 Å². The number of nitrogen functional groups attached to an aromatic ring is 1. The molecule has 0 spiro atoms. The molecular weight excluding hydrogens is 280 g/mol. The number of fused-ring (bicyclic) bond motifs is 2. The van der Waals surface area contributed by atoms with Crippen molar-refractivity contribution in [2.24, 2.45) is 0 Å². The normalized spacial score (nSPS) is 17.1. The molecule has 4 nitrogen and oxygen atoms in total. The van der Waals surface area contributed by atoms with E-state index < -0.39 is 0 Å². The summed E-state index contributed by atoms with van der Waals surface area (Å²) < 4.78 is 0. The Labute approximate surface area is 127 Å². The highest BCUT2D eigenvalue weighted by molar-refractivity contribution is 7.18. The summed E-state index contributed by atoms with van der Waals surface area (Å²) in [7, 11) is 0. The second-order valence-electron chi connectivity index (χ2n) is 5.49. The molecule has 4 rings (SSSR count). The molecule has 21 heavy (non-hydrogen) atoms. The van der Waals surface area contributed by atoms with E-state index in [1.165, 1.54) is 16.0 Å². The Bertz CT molecular complexity index is 824. The van der Waals surface area contributed by atoms with E-state index in [-0.39, 0.29) is 0 Å². The largest absolute Gasteiger partial charge is 0.399 e. The van der Waals surface area contributed by atoms with Gasteiger partial charge in [-0.15, -0.1) is 11.3 Å². The summed E-state index contributed by atoms with van der Waals surface area (Å²) in [5, 5.41) is 4.70. The first-order valence-corrected chi connectivity index (χ1v) is 7.88. The summed E-state index contributed by atoms with van der Waals surface area (Å²) in [5.41, 5.74) is 9.39. The number of rotatable bonds is 2. The van der Waals surface area contributed by atoms with Gasteiger partial charge in [0.25, 0.3) is 0 Å². The minimum atomic E-state index is 0.305. The van der Waals surface area contributed by atoms with Crippen LogP contribution in [0.2, 0.25) is 0 Å². The van der Waals surface area contributed by atoms with Crippen LogP contribution in [0.3, 0.4) is 0 Å². The molecule has 0 saturated carbocycles. The van der Waals surface area contributed by atoms with Gasteiger partial charge < -0.3 is 11.1 Å². The molecule has 2 heterocycles. The molecule has 2 aromatic heterocycles. The predicted octanol–water partition coefficient (Wildman–Crippen LogP) is 3.68. The molecular formula is C16H16N4S. The topological polar surface area (TPSA) is 63.8 Å². The maximum absolute atomic E-state index is 5.87. The van der Waals surface area contributed by atoms with E-state index in [0.29, 0.717) is 6.04 Å². The van der Waals surface area contributed by atoms with Gasteiger partial charge in [0.2, 0.25) is 0 Å². The van der Waals surface area contributed by atoms with Gasteiger partial charge in [0, 0.05) is 10.6 Å². The molecule has 1 aliphatic rings. The summed E-state index contributed by atoms with van der Waals surface area (Å²) in [6, 6.07) is 8.65. The number of nitrogens with zero attached hydrogens (tertiary/aromatic N) is 2. The van der Waals surface area contributed by atoms with E-state index in [4.69, 9.17) is 5.73 Å². The highest BCUT2D eigenvalue weighted by atomic mass is 32.1. The Morgan fingerprint density at radius 1 is 1.29 bits per heavy atom. The summed E-state index contributed by atoms with van der Waals surface area (Å²) in [6.07, 6.45) is 3.78. The van der Waals surface area contributed by atoms with E-state index in [0.717, 1.165) is 34.6 Å². The van der Waals surface area contributed by atoms with Crippen LogP contribution in [0, 0.1) is 6.92 Å². The van der Waals surface area contributed by atoms with Crippen molar-refractivity contribution in [2.45, 2.75) is 25.8 Å². The Hall–Kier alpha value is -2.14. The lowest BCUT2D eigenvalue weighted by Gasteiger charge is -2.15. The van der Waals surface area contributed by atoms with Crippen molar-refractivity contribution < 1.29 is 0 Å². The lowest BCUT2D eigenvalue weighted by atomic mass is 10.1. The van der Waals surface area contributed by atoms with Crippen molar-refractivity contribution >= 4 is 33.1 Å². The number of aromatic nitrogens is 2. The predicted molar refractivity (Wildman–Crippen MR) is 87.7 cm³/mol. The summed E-state index contributed by atoms with van der Waals surface area (Å²) >= 11 is 1.70. The van der Waals surface area contributed by atoms with Crippen molar-refractivity contribution in [3.8, 4) is 0 Å².